The van der Waals surface area contributed by atoms with Gasteiger partial charge in [0.1, 0.15) is 12.4 Å². The second-order valence-electron chi connectivity index (χ2n) is 3.52. The first-order valence-corrected chi connectivity index (χ1v) is 5.66. The zero-order chi connectivity index (χ0) is 10.3. The highest BCUT2D eigenvalue weighted by molar-refractivity contribution is 9.15. The molecular formula is C13H9BrO. The molecule has 0 radical (unpaired) electrons. The molecule has 0 aromatic heterocycles. The summed E-state index contributed by atoms with van der Waals surface area (Å²) in [6, 6.07) is 12.5. The van der Waals surface area contributed by atoms with Crippen molar-refractivity contribution in [1.29, 1.82) is 0 Å². The van der Waals surface area contributed by atoms with E-state index in [0.29, 0.717) is 6.61 Å². The van der Waals surface area contributed by atoms with Gasteiger partial charge in [0.2, 0.25) is 0 Å². The van der Waals surface area contributed by atoms with Crippen molar-refractivity contribution in [2.75, 3.05) is 6.61 Å². The standard InChI is InChI=1S/C13H9BrO/c14-11-7-8-15-12-6-5-9-3-1-2-4-10(9)13(11)12/h1-7H,8H2. The highest BCUT2D eigenvalue weighted by Gasteiger charge is 2.14. The van der Waals surface area contributed by atoms with Crippen LogP contribution >= 0.6 is 15.9 Å². The average molecular weight is 261 g/mol. The Labute approximate surface area is 96.5 Å². The molecule has 1 aliphatic heterocycles. The fraction of sp³-hybridized carbons (Fsp3) is 0.0769. The molecule has 2 heteroatoms. The molecule has 0 aliphatic carbocycles. The van der Waals surface area contributed by atoms with E-state index in [1.165, 1.54) is 16.3 Å². The van der Waals surface area contributed by atoms with Crippen LogP contribution in [0.5, 0.6) is 5.75 Å². The highest BCUT2D eigenvalue weighted by Crippen LogP contribution is 2.38. The predicted molar refractivity (Wildman–Crippen MR) is 66.3 cm³/mol. The van der Waals surface area contributed by atoms with Crippen LogP contribution in [0.15, 0.2) is 42.5 Å². The zero-order valence-electron chi connectivity index (χ0n) is 8.03. The summed E-state index contributed by atoms with van der Waals surface area (Å²) >= 11 is 3.59. The lowest BCUT2D eigenvalue weighted by atomic mass is 10.0. The third-order valence-electron chi connectivity index (χ3n) is 2.63. The number of ether oxygens (including phenoxy) is 1. The van der Waals surface area contributed by atoms with Crippen LogP contribution in [0.25, 0.3) is 15.3 Å². The average Bonchev–Trinajstić information content (AvgIpc) is 2.29. The van der Waals surface area contributed by atoms with Crippen LogP contribution in [0.3, 0.4) is 0 Å². The summed E-state index contributed by atoms with van der Waals surface area (Å²) < 4.78 is 6.72. The van der Waals surface area contributed by atoms with Crippen LogP contribution in [-0.2, 0) is 0 Å². The monoisotopic (exact) mass is 260 g/mol. The van der Waals surface area contributed by atoms with Crippen molar-refractivity contribution in [2.45, 2.75) is 0 Å². The van der Waals surface area contributed by atoms with Gasteiger partial charge >= 0.3 is 0 Å². The summed E-state index contributed by atoms with van der Waals surface area (Å²) in [5.74, 6) is 0.961. The Morgan fingerprint density at radius 1 is 1.07 bits per heavy atom. The largest absolute Gasteiger partial charge is 0.489 e. The maximum absolute atomic E-state index is 5.60. The predicted octanol–water partition coefficient (Wildman–Crippen LogP) is 3.97. The Bertz CT molecular complexity index is 557. The van der Waals surface area contributed by atoms with Crippen molar-refractivity contribution in [3.63, 3.8) is 0 Å². The van der Waals surface area contributed by atoms with E-state index in [-0.39, 0.29) is 0 Å². The lowest BCUT2D eigenvalue weighted by Gasteiger charge is -2.17. The molecule has 0 bridgehead atoms. The highest BCUT2D eigenvalue weighted by atomic mass is 79.9. The molecule has 0 unspecified atom stereocenters. The van der Waals surface area contributed by atoms with Gasteiger partial charge in [0.05, 0.1) is 0 Å². The van der Waals surface area contributed by atoms with Gasteiger partial charge in [-0.2, -0.15) is 0 Å². The van der Waals surface area contributed by atoms with Gasteiger partial charge in [0.15, 0.2) is 0 Å². The molecule has 1 aliphatic rings. The Kier molecular flexibility index (Phi) is 2.03. The fourth-order valence-corrected chi connectivity index (χ4v) is 2.47. The molecule has 0 saturated heterocycles. The van der Waals surface area contributed by atoms with Gasteiger partial charge in [0.25, 0.3) is 0 Å². The van der Waals surface area contributed by atoms with Crippen molar-refractivity contribution in [3.05, 3.63) is 48.0 Å². The van der Waals surface area contributed by atoms with Crippen molar-refractivity contribution in [3.8, 4) is 5.75 Å². The van der Waals surface area contributed by atoms with Crippen LogP contribution in [0.1, 0.15) is 5.56 Å². The first kappa shape index (κ1) is 8.98. The number of rotatable bonds is 0. The van der Waals surface area contributed by atoms with Crippen molar-refractivity contribution >= 4 is 31.2 Å². The van der Waals surface area contributed by atoms with Crippen LogP contribution in [0, 0.1) is 0 Å². The Morgan fingerprint density at radius 3 is 2.87 bits per heavy atom. The molecule has 2 aromatic rings. The van der Waals surface area contributed by atoms with E-state index in [0.717, 1.165) is 10.2 Å². The van der Waals surface area contributed by atoms with E-state index in [9.17, 15) is 0 Å². The van der Waals surface area contributed by atoms with Crippen LogP contribution < -0.4 is 4.74 Å². The van der Waals surface area contributed by atoms with E-state index in [4.69, 9.17) is 4.74 Å². The Balaban J connectivity index is 2.43. The van der Waals surface area contributed by atoms with E-state index in [1.807, 2.05) is 6.07 Å². The fourth-order valence-electron chi connectivity index (χ4n) is 1.92. The summed E-state index contributed by atoms with van der Waals surface area (Å²) in [6.45, 7) is 0.645. The molecular weight excluding hydrogens is 252 g/mol. The van der Waals surface area contributed by atoms with Crippen LogP contribution in [0.2, 0.25) is 0 Å². The van der Waals surface area contributed by atoms with Gasteiger partial charge < -0.3 is 4.74 Å². The molecule has 0 fully saturated rings. The number of benzene rings is 2. The molecule has 0 saturated carbocycles. The molecule has 1 nitrogen and oxygen atoms in total. The summed E-state index contributed by atoms with van der Waals surface area (Å²) in [4.78, 5) is 0. The Hall–Kier alpha value is -1.28. The second kappa shape index (κ2) is 3.38. The van der Waals surface area contributed by atoms with E-state index >= 15 is 0 Å². The smallest absolute Gasteiger partial charge is 0.128 e. The van der Waals surface area contributed by atoms with Gasteiger partial charge in [-0.3, -0.25) is 0 Å². The van der Waals surface area contributed by atoms with Crippen LogP contribution in [-0.4, -0.2) is 6.61 Å². The summed E-state index contributed by atoms with van der Waals surface area (Å²) in [7, 11) is 0. The molecule has 1 heterocycles. The SMILES string of the molecule is BrC1=CCOc2ccc3ccccc3c21. The molecule has 15 heavy (non-hydrogen) atoms. The minimum atomic E-state index is 0.645. The van der Waals surface area contributed by atoms with Gasteiger partial charge in [-0.25, -0.2) is 0 Å². The van der Waals surface area contributed by atoms with Gasteiger partial charge in [-0.05, 0) is 22.9 Å². The quantitative estimate of drug-likeness (QED) is 0.697. The first-order valence-electron chi connectivity index (χ1n) is 4.87. The first-order chi connectivity index (χ1) is 7.36. The molecule has 0 atom stereocenters. The molecule has 0 N–H and O–H groups in total. The van der Waals surface area contributed by atoms with Crippen molar-refractivity contribution in [2.24, 2.45) is 0 Å². The van der Waals surface area contributed by atoms with Gasteiger partial charge in [0, 0.05) is 10.0 Å². The van der Waals surface area contributed by atoms with E-state index < -0.39 is 0 Å². The van der Waals surface area contributed by atoms with E-state index in [1.54, 1.807) is 0 Å². The number of hydrogen-bond acceptors (Lipinski definition) is 1. The molecule has 0 amide bonds. The van der Waals surface area contributed by atoms with Crippen LogP contribution in [0.4, 0.5) is 0 Å². The minimum Gasteiger partial charge on any atom is -0.489 e. The lowest BCUT2D eigenvalue weighted by Crippen LogP contribution is -2.02. The number of halogens is 1. The van der Waals surface area contributed by atoms with Crippen molar-refractivity contribution < 1.29 is 4.74 Å². The zero-order valence-corrected chi connectivity index (χ0v) is 9.62. The van der Waals surface area contributed by atoms with Crippen molar-refractivity contribution in [1.82, 2.24) is 0 Å². The summed E-state index contributed by atoms with van der Waals surface area (Å²) in [5.41, 5.74) is 1.17. The maximum Gasteiger partial charge on any atom is 0.128 e. The van der Waals surface area contributed by atoms with Gasteiger partial charge in [-0.15, -0.1) is 0 Å². The topological polar surface area (TPSA) is 9.23 Å². The number of fused-ring (bicyclic) bond motifs is 3. The molecule has 0 spiro atoms. The molecule has 3 rings (SSSR count). The Morgan fingerprint density at radius 2 is 1.93 bits per heavy atom. The lowest BCUT2D eigenvalue weighted by molar-refractivity contribution is 0.359. The third kappa shape index (κ3) is 1.37. The minimum absolute atomic E-state index is 0.645. The number of hydrogen-bond donors (Lipinski definition) is 0. The summed E-state index contributed by atoms with van der Waals surface area (Å²) in [5, 5.41) is 2.48. The maximum atomic E-state index is 5.60. The molecule has 2 aromatic carbocycles. The third-order valence-corrected chi connectivity index (χ3v) is 3.35. The molecule has 74 valence electrons. The van der Waals surface area contributed by atoms with Gasteiger partial charge in [-0.1, -0.05) is 46.3 Å². The summed E-state index contributed by atoms with van der Waals surface area (Å²) in [6.07, 6.45) is 2.05. The van der Waals surface area contributed by atoms with E-state index in [2.05, 4.69) is 52.3 Å². The second-order valence-corrected chi connectivity index (χ2v) is 4.38. The normalized spacial score (nSPS) is 14.3.